The summed E-state index contributed by atoms with van der Waals surface area (Å²) < 4.78 is 2.91. The lowest BCUT2D eigenvalue weighted by Gasteiger charge is -2.08. The van der Waals surface area contributed by atoms with Gasteiger partial charge >= 0.3 is 0 Å². The Morgan fingerprint density at radius 1 is 1.25 bits per heavy atom. The van der Waals surface area contributed by atoms with Crippen molar-refractivity contribution < 1.29 is 0 Å². The minimum Gasteiger partial charge on any atom is -0.397 e. The molecule has 4 heteroatoms. The van der Waals surface area contributed by atoms with Crippen molar-refractivity contribution in [3.8, 4) is 5.69 Å². The predicted octanol–water partition coefficient (Wildman–Crippen LogP) is 3.14. The Morgan fingerprint density at radius 2 is 1.94 bits per heavy atom. The summed E-state index contributed by atoms with van der Waals surface area (Å²) >= 11 is 3.52. The van der Waals surface area contributed by atoms with Crippen LogP contribution in [0.15, 0.2) is 22.7 Å². The zero-order valence-electron chi connectivity index (χ0n) is 9.58. The van der Waals surface area contributed by atoms with Gasteiger partial charge in [0.2, 0.25) is 0 Å². The second-order valence-corrected chi connectivity index (χ2v) is 4.75. The van der Waals surface area contributed by atoms with Gasteiger partial charge in [0.25, 0.3) is 0 Å². The van der Waals surface area contributed by atoms with Crippen LogP contribution < -0.4 is 5.73 Å². The van der Waals surface area contributed by atoms with E-state index in [1.165, 1.54) is 5.56 Å². The lowest BCUT2D eigenvalue weighted by molar-refractivity contribution is 0.834. The minimum absolute atomic E-state index is 0.740. The maximum absolute atomic E-state index is 5.97. The van der Waals surface area contributed by atoms with E-state index < -0.39 is 0 Å². The number of hydrogen-bond acceptors (Lipinski definition) is 2. The fourth-order valence-electron chi connectivity index (χ4n) is 1.70. The first-order valence-corrected chi connectivity index (χ1v) is 5.88. The van der Waals surface area contributed by atoms with E-state index in [1.54, 1.807) is 0 Å². The van der Waals surface area contributed by atoms with Crippen LogP contribution >= 0.6 is 15.9 Å². The lowest BCUT2D eigenvalue weighted by Crippen LogP contribution is -2.03. The van der Waals surface area contributed by atoms with Crippen molar-refractivity contribution in [1.29, 1.82) is 0 Å². The molecule has 0 fully saturated rings. The molecule has 84 valence electrons. The van der Waals surface area contributed by atoms with Crippen LogP contribution in [0, 0.1) is 20.8 Å². The number of anilines is 1. The van der Waals surface area contributed by atoms with E-state index in [-0.39, 0.29) is 0 Å². The number of nitrogens with two attached hydrogens (primary N) is 1. The van der Waals surface area contributed by atoms with Crippen LogP contribution in [0.4, 0.5) is 5.69 Å². The number of rotatable bonds is 1. The third kappa shape index (κ3) is 1.73. The summed E-state index contributed by atoms with van der Waals surface area (Å²) in [6.45, 7) is 6.04. The van der Waals surface area contributed by atoms with Crippen LogP contribution in [0.1, 0.15) is 17.0 Å². The van der Waals surface area contributed by atoms with Gasteiger partial charge in [-0.1, -0.05) is 6.07 Å². The van der Waals surface area contributed by atoms with Crippen molar-refractivity contribution in [3.05, 3.63) is 39.6 Å². The van der Waals surface area contributed by atoms with Crippen LogP contribution in [-0.4, -0.2) is 9.78 Å². The summed E-state index contributed by atoms with van der Waals surface area (Å²) in [5, 5.41) is 4.47. The maximum atomic E-state index is 5.97. The second-order valence-electron chi connectivity index (χ2n) is 3.96. The van der Waals surface area contributed by atoms with Gasteiger partial charge in [-0.3, -0.25) is 0 Å². The summed E-state index contributed by atoms with van der Waals surface area (Å²) in [5.41, 5.74) is 10.9. The molecular weight excluding hydrogens is 266 g/mol. The van der Waals surface area contributed by atoms with Gasteiger partial charge in [-0.15, -0.1) is 0 Å². The highest BCUT2D eigenvalue weighted by atomic mass is 79.9. The van der Waals surface area contributed by atoms with Crippen molar-refractivity contribution in [2.24, 2.45) is 0 Å². The topological polar surface area (TPSA) is 43.8 Å². The van der Waals surface area contributed by atoms with Gasteiger partial charge in [0.05, 0.1) is 27.2 Å². The molecule has 0 saturated heterocycles. The highest BCUT2D eigenvalue weighted by molar-refractivity contribution is 9.10. The number of aryl methyl sites for hydroxylation is 2. The molecule has 1 heterocycles. The van der Waals surface area contributed by atoms with Crippen LogP contribution in [0.2, 0.25) is 0 Å². The quantitative estimate of drug-likeness (QED) is 0.815. The Bertz CT molecular complexity index is 543. The molecular formula is C12H14BrN3. The third-order valence-corrected chi connectivity index (χ3v) is 3.76. The molecule has 0 aliphatic carbocycles. The summed E-state index contributed by atoms with van der Waals surface area (Å²) in [5.74, 6) is 0. The van der Waals surface area contributed by atoms with Crippen LogP contribution in [-0.2, 0) is 0 Å². The summed E-state index contributed by atoms with van der Waals surface area (Å²) in [4.78, 5) is 0. The summed E-state index contributed by atoms with van der Waals surface area (Å²) in [6.07, 6.45) is 0. The molecule has 16 heavy (non-hydrogen) atoms. The van der Waals surface area contributed by atoms with Gasteiger partial charge in [0.1, 0.15) is 0 Å². The Morgan fingerprint density at radius 3 is 2.50 bits per heavy atom. The Labute approximate surface area is 103 Å². The average Bonchev–Trinajstić information content (AvgIpc) is 2.50. The molecule has 0 aliphatic rings. The molecule has 1 aromatic heterocycles. The zero-order chi connectivity index (χ0) is 11.9. The van der Waals surface area contributed by atoms with Crippen molar-refractivity contribution in [3.63, 3.8) is 0 Å². The Hall–Kier alpha value is -1.29. The van der Waals surface area contributed by atoms with Gasteiger partial charge in [-0.05, 0) is 54.4 Å². The van der Waals surface area contributed by atoms with E-state index >= 15 is 0 Å². The number of halogens is 1. The molecule has 0 radical (unpaired) electrons. The van der Waals surface area contributed by atoms with Gasteiger partial charge in [-0.2, -0.15) is 5.10 Å². The fourth-order valence-corrected chi connectivity index (χ4v) is 1.94. The molecule has 0 aliphatic heterocycles. The van der Waals surface area contributed by atoms with Crippen molar-refractivity contribution in [2.45, 2.75) is 20.8 Å². The smallest absolute Gasteiger partial charge is 0.0881 e. The molecule has 2 rings (SSSR count). The van der Waals surface area contributed by atoms with E-state index in [2.05, 4.69) is 21.0 Å². The molecule has 0 bridgehead atoms. The first-order chi connectivity index (χ1) is 7.50. The first kappa shape index (κ1) is 11.2. The third-order valence-electron chi connectivity index (χ3n) is 2.62. The monoisotopic (exact) mass is 279 g/mol. The Kier molecular flexibility index (Phi) is 2.76. The SMILES string of the molecule is Cc1ccc(N)c(-n2nc(C)c(Br)c2C)c1. The molecule has 0 atom stereocenters. The zero-order valence-corrected chi connectivity index (χ0v) is 11.2. The molecule has 2 aromatic rings. The largest absolute Gasteiger partial charge is 0.397 e. The maximum Gasteiger partial charge on any atom is 0.0881 e. The lowest BCUT2D eigenvalue weighted by atomic mass is 10.2. The molecule has 1 aromatic carbocycles. The molecule has 0 saturated carbocycles. The summed E-state index contributed by atoms with van der Waals surface area (Å²) in [7, 11) is 0. The number of benzene rings is 1. The van der Waals surface area contributed by atoms with Crippen molar-refractivity contribution >= 4 is 21.6 Å². The van der Waals surface area contributed by atoms with Gasteiger partial charge in [-0.25, -0.2) is 4.68 Å². The highest BCUT2D eigenvalue weighted by Gasteiger charge is 2.12. The van der Waals surface area contributed by atoms with Crippen LogP contribution in [0.5, 0.6) is 0 Å². The highest BCUT2D eigenvalue weighted by Crippen LogP contribution is 2.26. The average molecular weight is 280 g/mol. The molecule has 0 spiro atoms. The predicted molar refractivity (Wildman–Crippen MR) is 69.9 cm³/mol. The standard InChI is InChI=1S/C12H14BrN3/c1-7-4-5-10(14)11(6-7)16-9(3)12(13)8(2)15-16/h4-6H,14H2,1-3H3. The van der Waals surface area contributed by atoms with E-state index in [1.807, 2.05) is 43.7 Å². The fraction of sp³-hybridized carbons (Fsp3) is 0.250. The van der Waals surface area contributed by atoms with E-state index in [9.17, 15) is 0 Å². The normalized spacial score (nSPS) is 10.8. The van der Waals surface area contributed by atoms with Crippen LogP contribution in [0.25, 0.3) is 5.69 Å². The van der Waals surface area contributed by atoms with Gasteiger partial charge in [0.15, 0.2) is 0 Å². The Balaban J connectivity index is 2.67. The number of aromatic nitrogens is 2. The van der Waals surface area contributed by atoms with E-state index in [0.29, 0.717) is 0 Å². The summed E-state index contributed by atoms with van der Waals surface area (Å²) in [6, 6.07) is 5.95. The number of hydrogen-bond donors (Lipinski definition) is 1. The van der Waals surface area contributed by atoms with Gasteiger partial charge in [0, 0.05) is 0 Å². The van der Waals surface area contributed by atoms with Crippen molar-refractivity contribution in [1.82, 2.24) is 9.78 Å². The van der Waals surface area contributed by atoms with Crippen molar-refractivity contribution in [2.75, 3.05) is 5.73 Å². The number of nitrogens with zero attached hydrogens (tertiary/aromatic N) is 2. The number of nitrogen functional groups attached to an aromatic ring is 1. The van der Waals surface area contributed by atoms with Crippen LogP contribution in [0.3, 0.4) is 0 Å². The minimum atomic E-state index is 0.740. The van der Waals surface area contributed by atoms with E-state index in [4.69, 9.17) is 5.73 Å². The molecule has 0 unspecified atom stereocenters. The first-order valence-electron chi connectivity index (χ1n) is 5.09. The van der Waals surface area contributed by atoms with Gasteiger partial charge < -0.3 is 5.73 Å². The molecule has 2 N–H and O–H groups in total. The van der Waals surface area contributed by atoms with E-state index in [0.717, 1.165) is 27.2 Å². The molecule has 0 amide bonds. The second kappa shape index (κ2) is 3.94. The molecule has 3 nitrogen and oxygen atoms in total.